The number of furan rings is 1. The topological polar surface area (TPSA) is 138 Å². The average molecular weight is 552 g/mol. The summed E-state index contributed by atoms with van der Waals surface area (Å²) in [6.07, 6.45) is 1.99. The van der Waals surface area contributed by atoms with Crippen LogP contribution in [0, 0.1) is 5.92 Å². The Balaban J connectivity index is 1.59. The van der Waals surface area contributed by atoms with Gasteiger partial charge in [-0.05, 0) is 41.3 Å². The number of carboxylic acids is 1. The van der Waals surface area contributed by atoms with Crippen molar-refractivity contribution in [2.45, 2.75) is 25.9 Å². The highest BCUT2D eigenvalue weighted by Crippen LogP contribution is 2.27. The van der Waals surface area contributed by atoms with E-state index < -0.39 is 23.8 Å². The lowest BCUT2D eigenvalue weighted by Crippen LogP contribution is -2.48. The third-order valence-corrected chi connectivity index (χ3v) is 6.61. The van der Waals surface area contributed by atoms with E-state index >= 15 is 0 Å². The number of halogens is 2. The Bertz CT molecular complexity index is 1210. The van der Waals surface area contributed by atoms with Crippen molar-refractivity contribution in [2.24, 2.45) is 5.92 Å². The number of rotatable bonds is 11. The molecule has 36 heavy (non-hydrogen) atoms. The molecule has 0 bridgehead atoms. The summed E-state index contributed by atoms with van der Waals surface area (Å²) in [5, 5.41) is 18.7. The van der Waals surface area contributed by atoms with Crippen molar-refractivity contribution in [1.82, 2.24) is 16.0 Å². The van der Waals surface area contributed by atoms with E-state index in [1.165, 1.54) is 23.5 Å². The monoisotopic (exact) mass is 551 g/mol. The van der Waals surface area contributed by atoms with Gasteiger partial charge in [0.2, 0.25) is 5.91 Å². The van der Waals surface area contributed by atoms with Crippen molar-refractivity contribution >= 4 is 58.2 Å². The zero-order chi connectivity index (χ0) is 26.2. The van der Waals surface area contributed by atoms with Crippen LogP contribution in [0.1, 0.15) is 38.3 Å². The largest absolute Gasteiger partial charge is 0.480 e. The molecule has 3 aromatic rings. The second-order valence-corrected chi connectivity index (χ2v) is 9.65. The Kier molecular flexibility index (Phi) is 9.51. The maximum atomic E-state index is 12.8. The van der Waals surface area contributed by atoms with Gasteiger partial charge in [-0.25, -0.2) is 4.79 Å². The molecule has 9 nitrogen and oxygen atoms in total. The minimum atomic E-state index is -1.41. The summed E-state index contributed by atoms with van der Waals surface area (Å²) in [6.45, 7) is 1.55. The Morgan fingerprint density at radius 3 is 2.36 bits per heavy atom. The van der Waals surface area contributed by atoms with Crippen LogP contribution in [-0.2, 0) is 22.6 Å². The lowest BCUT2D eigenvalue weighted by molar-refractivity contribution is -0.139. The molecule has 2 heterocycles. The fourth-order valence-corrected chi connectivity index (χ4v) is 4.60. The molecule has 0 radical (unpaired) electrons. The van der Waals surface area contributed by atoms with Gasteiger partial charge < -0.3 is 25.5 Å². The summed E-state index contributed by atoms with van der Waals surface area (Å²) >= 11 is 13.8. The van der Waals surface area contributed by atoms with Crippen molar-refractivity contribution in [2.75, 3.05) is 6.54 Å². The Morgan fingerprint density at radius 2 is 1.78 bits per heavy atom. The molecule has 1 aromatic carbocycles. The Labute approximate surface area is 220 Å². The highest BCUT2D eigenvalue weighted by Gasteiger charge is 2.25. The summed E-state index contributed by atoms with van der Waals surface area (Å²) in [5.41, 5.74) is 0.438. The van der Waals surface area contributed by atoms with Crippen molar-refractivity contribution < 1.29 is 28.7 Å². The van der Waals surface area contributed by atoms with Gasteiger partial charge in [-0.3, -0.25) is 14.4 Å². The smallest absolute Gasteiger partial charge is 0.328 e. The second-order valence-electron chi connectivity index (χ2n) is 7.89. The highest BCUT2D eigenvalue weighted by molar-refractivity contribution is 7.12. The predicted molar refractivity (Wildman–Crippen MR) is 135 cm³/mol. The third-order valence-electron chi connectivity index (χ3n) is 5.15. The normalized spacial score (nSPS) is 12.4. The van der Waals surface area contributed by atoms with Gasteiger partial charge in [0, 0.05) is 25.4 Å². The van der Waals surface area contributed by atoms with E-state index in [9.17, 15) is 24.3 Å². The molecule has 2 aromatic heterocycles. The van der Waals surface area contributed by atoms with Gasteiger partial charge in [0.05, 0.1) is 26.7 Å². The van der Waals surface area contributed by atoms with Crippen molar-refractivity contribution in [1.29, 1.82) is 0 Å². The fraction of sp³-hybridized carbons (Fsp3) is 0.250. The molecule has 0 aliphatic rings. The number of thiophene rings is 1. The van der Waals surface area contributed by atoms with Gasteiger partial charge in [0.1, 0.15) is 11.8 Å². The minimum Gasteiger partial charge on any atom is -0.480 e. The molecule has 0 aliphatic carbocycles. The molecule has 3 amide bonds. The molecule has 0 spiro atoms. The summed E-state index contributed by atoms with van der Waals surface area (Å²) in [4.78, 5) is 49.3. The fourth-order valence-electron chi connectivity index (χ4n) is 3.25. The van der Waals surface area contributed by atoms with Gasteiger partial charge in [0.25, 0.3) is 11.8 Å². The molecular weight excluding hydrogens is 529 g/mol. The highest BCUT2D eigenvalue weighted by atomic mass is 35.5. The first-order chi connectivity index (χ1) is 17.2. The predicted octanol–water partition coefficient (Wildman–Crippen LogP) is 3.76. The van der Waals surface area contributed by atoms with Gasteiger partial charge >= 0.3 is 5.97 Å². The molecule has 2 atom stereocenters. The van der Waals surface area contributed by atoms with E-state index in [-0.39, 0.29) is 40.5 Å². The van der Waals surface area contributed by atoms with Crippen molar-refractivity contribution in [3.05, 3.63) is 79.9 Å². The van der Waals surface area contributed by atoms with Crippen LogP contribution in [0.25, 0.3) is 0 Å². The number of amides is 3. The first-order valence-electron chi connectivity index (χ1n) is 10.8. The Morgan fingerprint density at radius 1 is 1.06 bits per heavy atom. The number of aliphatic carboxylic acids is 1. The van der Waals surface area contributed by atoms with E-state index in [1.54, 1.807) is 42.8 Å². The summed E-state index contributed by atoms with van der Waals surface area (Å²) < 4.78 is 5.26. The van der Waals surface area contributed by atoms with Gasteiger partial charge in [0.15, 0.2) is 0 Å². The number of benzene rings is 1. The summed E-state index contributed by atoms with van der Waals surface area (Å²) in [7, 11) is 0. The molecule has 190 valence electrons. The zero-order valence-electron chi connectivity index (χ0n) is 19.0. The number of carboxylic acid groups (broad SMARTS) is 1. The van der Waals surface area contributed by atoms with E-state index in [0.717, 1.165) is 0 Å². The van der Waals surface area contributed by atoms with Crippen LogP contribution < -0.4 is 16.0 Å². The summed E-state index contributed by atoms with van der Waals surface area (Å²) in [5.74, 6) is -2.44. The number of nitrogens with one attached hydrogen (secondary N) is 3. The van der Waals surface area contributed by atoms with Gasteiger partial charge in [-0.15, -0.1) is 11.3 Å². The van der Waals surface area contributed by atoms with E-state index in [0.29, 0.717) is 22.6 Å². The van der Waals surface area contributed by atoms with Crippen LogP contribution in [0.5, 0.6) is 0 Å². The average Bonchev–Trinajstić information content (AvgIpc) is 3.54. The standard InChI is InChI=1S/C24H23Cl2N3O6S/c1-13(8-15-4-2-6-35-15)21(30)27-11-14-9-16(25)20(17(26)10-14)23(32)29-18(24(33)34)12-28-22(31)19-5-3-7-36-19/h2-7,9-10,13,18H,8,11-12H2,1H3,(H,27,30)(H,28,31)(H,29,32)(H,33,34). The van der Waals surface area contributed by atoms with Crippen molar-refractivity contribution in [3.63, 3.8) is 0 Å². The molecule has 0 fully saturated rings. The minimum absolute atomic E-state index is 0.0142. The molecule has 2 unspecified atom stereocenters. The molecular formula is C24H23Cl2N3O6S. The summed E-state index contributed by atoms with van der Waals surface area (Å²) in [6, 6.07) is 8.35. The molecule has 3 rings (SSSR count). The number of hydrogen-bond acceptors (Lipinski definition) is 6. The van der Waals surface area contributed by atoms with E-state index in [2.05, 4.69) is 16.0 Å². The van der Waals surface area contributed by atoms with Crippen LogP contribution in [0.15, 0.2) is 52.5 Å². The number of carbonyl (C=O) groups is 4. The van der Waals surface area contributed by atoms with Gasteiger partial charge in [-0.1, -0.05) is 36.2 Å². The zero-order valence-corrected chi connectivity index (χ0v) is 21.4. The molecule has 12 heteroatoms. The van der Waals surface area contributed by atoms with Crippen LogP contribution in [-0.4, -0.2) is 41.4 Å². The van der Waals surface area contributed by atoms with Crippen LogP contribution in [0.4, 0.5) is 0 Å². The maximum absolute atomic E-state index is 12.8. The lowest BCUT2D eigenvalue weighted by Gasteiger charge is -2.17. The SMILES string of the molecule is CC(Cc1ccco1)C(=O)NCc1cc(Cl)c(C(=O)NC(CNC(=O)c2cccs2)C(=O)O)c(Cl)c1. The van der Waals surface area contributed by atoms with Gasteiger partial charge in [-0.2, -0.15) is 0 Å². The Hall–Kier alpha value is -3.34. The maximum Gasteiger partial charge on any atom is 0.328 e. The first-order valence-corrected chi connectivity index (χ1v) is 12.4. The quantitative estimate of drug-likeness (QED) is 0.286. The number of hydrogen-bond donors (Lipinski definition) is 4. The second kappa shape index (κ2) is 12.6. The lowest BCUT2D eigenvalue weighted by atomic mass is 10.1. The molecule has 0 aliphatic heterocycles. The molecule has 4 N–H and O–H groups in total. The van der Waals surface area contributed by atoms with Crippen molar-refractivity contribution in [3.8, 4) is 0 Å². The van der Waals surface area contributed by atoms with E-state index in [1.807, 2.05) is 0 Å². The van der Waals surface area contributed by atoms with Crippen LogP contribution in [0.2, 0.25) is 10.0 Å². The molecule has 0 saturated heterocycles. The first kappa shape index (κ1) is 27.3. The molecule has 0 saturated carbocycles. The number of carbonyl (C=O) groups excluding carboxylic acids is 3. The van der Waals surface area contributed by atoms with Crippen LogP contribution in [0.3, 0.4) is 0 Å². The third kappa shape index (κ3) is 7.33. The van der Waals surface area contributed by atoms with Crippen LogP contribution >= 0.6 is 34.5 Å². The van der Waals surface area contributed by atoms with E-state index in [4.69, 9.17) is 27.6 Å².